The average molecular weight is 354 g/mol. The molecule has 0 aromatic heterocycles. The summed E-state index contributed by atoms with van der Waals surface area (Å²) in [6, 6.07) is 0. The van der Waals surface area contributed by atoms with Gasteiger partial charge in [0.2, 0.25) is 5.91 Å². The van der Waals surface area contributed by atoms with Crippen LogP contribution in [0.25, 0.3) is 0 Å². The van der Waals surface area contributed by atoms with E-state index in [4.69, 9.17) is 4.74 Å². The third-order valence-corrected chi connectivity index (χ3v) is 4.19. The van der Waals surface area contributed by atoms with Gasteiger partial charge < -0.3 is 10.1 Å². The molecule has 0 unspecified atom stereocenters. The van der Waals surface area contributed by atoms with Crippen LogP contribution in [0.4, 0.5) is 0 Å². The Balaban J connectivity index is 3.40. The second-order valence-corrected chi connectivity index (χ2v) is 6.68. The minimum Gasteiger partial charge on any atom is -0.463 e. The molecule has 146 valence electrons. The van der Waals surface area contributed by atoms with Crippen LogP contribution in [0.5, 0.6) is 0 Å². The summed E-state index contributed by atoms with van der Waals surface area (Å²) < 4.78 is 5.00. The lowest BCUT2D eigenvalue weighted by molar-refractivity contribution is -0.138. The molecule has 1 amide bonds. The van der Waals surface area contributed by atoms with Crippen molar-refractivity contribution in [2.24, 2.45) is 0 Å². The molecule has 4 nitrogen and oxygen atoms in total. The zero-order valence-electron chi connectivity index (χ0n) is 16.5. The highest BCUT2D eigenvalue weighted by Crippen LogP contribution is 2.10. The minimum atomic E-state index is -0.440. The van der Waals surface area contributed by atoms with Crippen molar-refractivity contribution < 1.29 is 14.3 Å². The number of carbonyl (C=O) groups excluding carboxylic acids is 2. The number of hydrogen-bond acceptors (Lipinski definition) is 3. The molecule has 0 atom stereocenters. The third-order valence-electron chi connectivity index (χ3n) is 4.19. The molecule has 0 aliphatic rings. The Kier molecular flexibility index (Phi) is 18.0. The Morgan fingerprint density at radius 2 is 1.24 bits per heavy atom. The number of ether oxygens (including phenoxy) is 1. The Morgan fingerprint density at radius 1 is 0.720 bits per heavy atom. The number of esters is 1. The first kappa shape index (κ1) is 23.7. The Hall–Kier alpha value is -1.32. The van der Waals surface area contributed by atoms with Crippen LogP contribution in [-0.4, -0.2) is 25.0 Å². The van der Waals surface area contributed by atoms with Crippen molar-refractivity contribution in [2.45, 2.75) is 97.3 Å². The zero-order valence-corrected chi connectivity index (χ0v) is 16.5. The summed E-state index contributed by atoms with van der Waals surface area (Å²) in [6.45, 7) is 5.44. The number of carbonyl (C=O) groups is 2. The van der Waals surface area contributed by atoms with Crippen LogP contribution in [0.15, 0.2) is 12.2 Å². The Bertz CT molecular complexity index is 353. The largest absolute Gasteiger partial charge is 0.463 e. The molecule has 25 heavy (non-hydrogen) atoms. The van der Waals surface area contributed by atoms with Crippen LogP contribution < -0.4 is 5.32 Å². The predicted molar refractivity (Wildman–Crippen MR) is 104 cm³/mol. The normalized spacial score (nSPS) is 11.0. The molecule has 0 aliphatic heterocycles. The molecule has 0 spiro atoms. The van der Waals surface area contributed by atoms with Gasteiger partial charge in [0.15, 0.2) is 0 Å². The standard InChI is InChI=1S/C21H39NO3/c1-3-5-7-8-9-10-11-12-13-14-18-22-20(23)16-17-21(24)25-19-15-6-4-2/h16-17H,3-15,18-19H2,1-2H3,(H,22,23)/b17-16+. The second kappa shape index (κ2) is 19.0. The molecule has 4 heteroatoms. The van der Waals surface area contributed by atoms with Crippen molar-refractivity contribution in [1.82, 2.24) is 5.32 Å². The van der Waals surface area contributed by atoms with Crippen LogP contribution in [0, 0.1) is 0 Å². The summed E-state index contributed by atoms with van der Waals surface area (Å²) in [5.74, 6) is -0.661. The minimum absolute atomic E-state index is 0.221. The number of unbranched alkanes of at least 4 members (excludes halogenated alkanes) is 11. The van der Waals surface area contributed by atoms with Gasteiger partial charge in [0.25, 0.3) is 0 Å². The fourth-order valence-electron chi connectivity index (χ4n) is 2.60. The van der Waals surface area contributed by atoms with Crippen molar-refractivity contribution in [1.29, 1.82) is 0 Å². The van der Waals surface area contributed by atoms with E-state index in [1.807, 2.05) is 0 Å². The molecule has 0 aromatic carbocycles. The molecule has 0 radical (unpaired) electrons. The summed E-state index contributed by atoms with van der Waals surface area (Å²) in [5, 5.41) is 2.81. The van der Waals surface area contributed by atoms with Gasteiger partial charge in [0.05, 0.1) is 6.61 Å². The van der Waals surface area contributed by atoms with E-state index < -0.39 is 5.97 Å². The molecule has 0 fully saturated rings. The van der Waals surface area contributed by atoms with Crippen LogP contribution in [0.1, 0.15) is 97.3 Å². The molecule has 0 heterocycles. The van der Waals surface area contributed by atoms with Crippen LogP contribution in [0.2, 0.25) is 0 Å². The number of rotatable bonds is 17. The van der Waals surface area contributed by atoms with E-state index in [0.717, 1.165) is 32.1 Å². The van der Waals surface area contributed by atoms with Crippen molar-refractivity contribution in [2.75, 3.05) is 13.2 Å². The lowest BCUT2D eigenvalue weighted by Crippen LogP contribution is -2.22. The highest BCUT2D eigenvalue weighted by molar-refractivity contribution is 5.94. The molecule has 0 bridgehead atoms. The first-order chi connectivity index (χ1) is 12.2. The number of nitrogens with one attached hydrogen (secondary N) is 1. The van der Waals surface area contributed by atoms with Gasteiger partial charge >= 0.3 is 5.97 Å². The fourth-order valence-corrected chi connectivity index (χ4v) is 2.60. The van der Waals surface area contributed by atoms with Crippen LogP contribution in [0.3, 0.4) is 0 Å². The van der Waals surface area contributed by atoms with Gasteiger partial charge in [-0.1, -0.05) is 84.5 Å². The summed E-state index contributed by atoms with van der Waals surface area (Å²) in [7, 11) is 0. The quantitative estimate of drug-likeness (QED) is 0.219. The van der Waals surface area contributed by atoms with Gasteiger partial charge in [-0.25, -0.2) is 4.79 Å². The highest BCUT2D eigenvalue weighted by Gasteiger charge is 2.00. The molecular weight excluding hydrogens is 314 g/mol. The lowest BCUT2D eigenvalue weighted by Gasteiger charge is -2.03. The highest BCUT2D eigenvalue weighted by atomic mass is 16.5. The van der Waals surface area contributed by atoms with E-state index >= 15 is 0 Å². The maximum absolute atomic E-state index is 11.6. The van der Waals surface area contributed by atoms with Crippen molar-refractivity contribution >= 4 is 11.9 Å². The predicted octanol–water partition coefficient (Wildman–Crippen LogP) is 5.31. The lowest BCUT2D eigenvalue weighted by atomic mass is 10.1. The first-order valence-electron chi connectivity index (χ1n) is 10.3. The van der Waals surface area contributed by atoms with Gasteiger partial charge in [-0.05, 0) is 12.8 Å². The van der Waals surface area contributed by atoms with E-state index in [2.05, 4.69) is 19.2 Å². The van der Waals surface area contributed by atoms with Gasteiger partial charge in [0.1, 0.15) is 0 Å². The zero-order chi connectivity index (χ0) is 18.6. The van der Waals surface area contributed by atoms with E-state index in [1.165, 1.54) is 63.5 Å². The number of amides is 1. The maximum Gasteiger partial charge on any atom is 0.330 e. The van der Waals surface area contributed by atoms with Crippen molar-refractivity contribution in [3.8, 4) is 0 Å². The van der Waals surface area contributed by atoms with Crippen molar-refractivity contribution in [3.05, 3.63) is 12.2 Å². The topological polar surface area (TPSA) is 55.4 Å². The average Bonchev–Trinajstić information content (AvgIpc) is 2.61. The molecule has 0 aliphatic carbocycles. The first-order valence-corrected chi connectivity index (χ1v) is 10.3. The summed E-state index contributed by atoms with van der Waals surface area (Å²) in [6.07, 6.45) is 18.3. The Labute approximate surface area is 154 Å². The molecule has 0 rings (SSSR count). The van der Waals surface area contributed by atoms with Gasteiger partial charge in [0, 0.05) is 18.7 Å². The van der Waals surface area contributed by atoms with E-state index in [0.29, 0.717) is 13.2 Å². The molecule has 0 aromatic rings. The third kappa shape index (κ3) is 18.9. The Morgan fingerprint density at radius 3 is 1.84 bits per heavy atom. The molecular formula is C21H39NO3. The van der Waals surface area contributed by atoms with Gasteiger partial charge in [-0.2, -0.15) is 0 Å². The SMILES string of the molecule is CCCCCCCCCCCCNC(=O)/C=C/C(=O)OCCCCC. The number of hydrogen-bond donors (Lipinski definition) is 1. The smallest absolute Gasteiger partial charge is 0.330 e. The van der Waals surface area contributed by atoms with Crippen molar-refractivity contribution in [3.63, 3.8) is 0 Å². The van der Waals surface area contributed by atoms with Crippen LogP contribution in [-0.2, 0) is 14.3 Å². The summed E-state index contributed by atoms with van der Waals surface area (Å²) in [5.41, 5.74) is 0. The van der Waals surface area contributed by atoms with E-state index in [9.17, 15) is 9.59 Å². The monoisotopic (exact) mass is 353 g/mol. The molecule has 0 saturated carbocycles. The maximum atomic E-state index is 11.6. The molecule has 0 saturated heterocycles. The van der Waals surface area contributed by atoms with Crippen LogP contribution >= 0.6 is 0 Å². The second-order valence-electron chi connectivity index (χ2n) is 6.68. The summed E-state index contributed by atoms with van der Waals surface area (Å²) >= 11 is 0. The van der Waals surface area contributed by atoms with Gasteiger partial charge in [-0.15, -0.1) is 0 Å². The van der Waals surface area contributed by atoms with Gasteiger partial charge in [-0.3, -0.25) is 4.79 Å². The molecule has 1 N–H and O–H groups in total. The van der Waals surface area contributed by atoms with E-state index in [1.54, 1.807) is 0 Å². The fraction of sp³-hybridized carbons (Fsp3) is 0.810. The van der Waals surface area contributed by atoms with E-state index in [-0.39, 0.29) is 5.91 Å². The summed E-state index contributed by atoms with van der Waals surface area (Å²) in [4.78, 5) is 23.0.